The van der Waals surface area contributed by atoms with Crippen molar-refractivity contribution in [2.75, 3.05) is 38.8 Å². The van der Waals surface area contributed by atoms with Crippen LogP contribution in [0.25, 0.3) is 0 Å². The summed E-state index contributed by atoms with van der Waals surface area (Å²) in [5.41, 5.74) is 2.13. The van der Waals surface area contributed by atoms with Gasteiger partial charge in [-0.05, 0) is 87.7 Å². The van der Waals surface area contributed by atoms with Gasteiger partial charge in [0, 0.05) is 39.6 Å². The second kappa shape index (κ2) is 12.9. The molecule has 0 aliphatic carbocycles. The van der Waals surface area contributed by atoms with Gasteiger partial charge in [-0.3, -0.25) is 19.2 Å². The van der Waals surface area contributed by atoms with Gasteiger partial charge >= 0.3 is 0 Å². The third kappa shape index (κ3) is 8.90. The number of nitrogens with zero attached hydrogens (tertiary/aromatic N) is 2. The standard InChI is InChI=1S/C26H34N4O4/c1-17(13-15-29(5)6)23(19(3)31)25(33)27-21-9-11-22(12-10-21)28-26(34)24(20(4)32)18(2)14-16-30(7)8/h9-16H,1-8H3,(H,27,33)(H,28,34)/b15-13+,16-14+,23-17-,24-18+. The van der Waals surface area contributed by atoms with Gasteiger partial charge in [-0.1, -0.05) is 0 Å². The molecule has 1 aromatic carbocycles. The number of hydrogen-bond donors (Lipinski definition) is 2. The van der Waals surface area contributed by atoms with Crippen LogP contribution >= 0.6 is 0 Å². The summed E-state index contributed by atoms with van der Waals surface area (Å²) in [7, 11) is 7.37. The van der Waals surface area contributed by atoms with E-state index >= 15 is 0 Å². The molecular formula is C26H34N4O4. The molecule has 0 unspecified atom stereocenters. The first-order valence-electron chi connectivity index (χ1n) is 10.7. The predicted molar refractivity (Wildman–Crippen MR) is 136 cm³/mol. The lowest BCUT2D eigenvalue weighted by atomic mass is 10.0. The van der Waals surface area contributed by atoms with Gasteiger partial charge in [0.05, 0.1) is 11.1 Å². The number of hydrogen-bond acceptors (Lipinski definition) is 6. The van der Waals surface area contributed by atoms with Crippen molar-refractivity contribution in [3.8, 4) is 0 Å². The molecule has 2 N–H and O–H groups in total. The van der Waals surface area contributed by atoms with E-state index in [4.69, 9.17) is 0 Å². The Morgan fingerprint density at radius 3 is 1.15 bits per heavy atom. The normalized spacial score (nSPS) is 12.7. The highest BCUT2D eigenvalue weighted by molar-refractivity contribution is 6.24. The summed E-state index contributed by atoms with van der Waals surface area (Å²) in [4.78, 5) is 53.1. The number of rotatable bonds is 10. The molecule has 8 heteroatoms. The molecule has 2 amide bonds. The largest absolute Gasteiger partial charge is 0.383 e. The highest BCUT2D eigenvalue weighted by Crippen LogP contribution is 2.18. The maximum Gasteiger partial charge on any atom is 0.259 e. The molecule has 0 bridgehead atoms. The van der Waals surface area contributed by atoms with Crippen molar-refractivity contribution in [3.63, 3.8) is 0 Å². The third-order valence-electron chi connectivity index (χ3n) is 4.59. The van der Waals surface area contributed by atoms with Gasteiger partial charge in [0.15, 0.2) is 11.6 Å². The lowest BCUT2D eigenvalue weighted by Crippen LogP contribution is -2.21. The summed E-state index contributed by atoms with van der Waals surface area (Å²) in [5, 5.41) is 5.41. The molecule has 0 atom stereocenters. The Labute approximate surface area is 201 Å². The van der Waals surface area contributed by atoms with Crippen molar-refractivity contribution >= 4 is 34.8 Å². The summed E-state index contributed by atoms with van der Waals surface area (Å²) in [5.74, 6) is -1.72. The van der Waals surface area contributed by atoms with Crippen LogP contribution in [0.5, 0.6) is 0 Å². The summed E-state index contributed by atoms with van der Waals surface area (Å²) < 4.78 is 0. The smallest absolute Gasteiger partial charge is 0.259 e. The SMILES string of the molecule is CC(=O)/C(C(=O)Nc1ccc(NC(=O)/C(C(C)=O)=C(C)/C=C/N(C)C)cc1)=C(C)/C=C/N(C)C. The zero-order valence-corrected chi connectivity index (χ0v) is 21.1. The van der Waals surface area contributed by atoms with Crippen LogP contribution in [-0.4, -0.2) is 61.4 Å². The van der Waals surface area contributed by atoms with Gasteiger partial charge in [-0.25, -0.2) is 0 Å². The minimum atomic E-state index is -0.518. The van der Waals surface area contributed by atoms with Crippen molar-refractivity contribution < 1.29 is 19.2 Å². The number of Topliss-reactive ketones (excluding diaryl/α,β-unsaturated/α-hetero) is 2. The van der Waals surface area contributed by atoms with E-state index in [1.807, 2.05) is 28.2 Å². The fourth-order valence-corrected chi connectivity index (χ4v) is 2.95. The monoisotopic (exact) mass is 466 g/mol. The zero-order valence-electron chi connectivity index (χ0n) is 21.1. The van der Waals surface area contributed by atoms with Crippen LogP contribution in [0.15, 0.2) is 71.1 Å². The van der Waals surface area contributed by atoms with Crippen LogP contribution in [0.1, 0.15) is 27.7 Å². The molecule has 0 radical (unpaired) electrons. The van der Waals surface area contributed by atoms with Crippen LogP contribution in [0.2, 0.25) is 0 Å². The van der Waals surface area contributed by atoms with Gasteiger partial charge in [-0.15, -0.1) is 0 Å². The maximum atomic E-state index is 12.7. The number of amides is 2. The number of carbonyl (C=O) groups is 4. The van der Waals surface area contributed by atoms with Crippen LogP contribution in [-0.2, 0) is 19.2 Å². The summed E-state index contributed by atoms with van der Waals surface area (Å²) in [6, 6.07) is 6.41. The van der Waals surface area contributed by atoms with Gasteiger partial charge in [-0.2, -0.15) is 0 Å². The van der Waals surface area contributed by atoms with E-state index in [1.54, 1.807) is 72.5 Å². The Morgan fingerprint density at radius 1 is 0.618 bits per heavy atom. The van der Waals surface area contributed by atoms with E-state index in [9.17, 15) is 19.2 Å². The number of anilines is 2. The lowest BCUT2D eigenvalue weighted by molar-refractivity contribution is -0.120. The zero-order chi connectivity index (χ0) is 26.0. The minimum Gasteiger partial charge on any atom is -0.383 e. The molecule has 0 spiro atoms. The number of carbonyl (C=O) groups excluding carboxylic acids is 4. The van der Waals surface area contributed by atoms with E-state index in [0.29, 0.717) is 22.5 Å². The van der Waals surface area contributed by atoms with Crippen LogP contribution in [0, 0.1) is 0 Å². The van der Waals surface area contributed by atoms with Crippen LogP contribution in [0.4, 0.5) is 11.4 Å². The molecule has 0 saturated heterocycles. The van der Waals surface area contributed by atoms with Gasteiger partial charge in [0.1, 0.15) is 0 Å². The first-order chi connectivity index (χ1) is 15.8. The van der Waals surface area contributed by atoms with Crippen molar-refractivity contribution in [1.29, 1.82) is 0 Å². The number of ketones is 2. The van der Waals surface area contributed by atoms with Crippen LogP contribution in [0.3, 0.4) is 0 Å². The molecule has 0 aliphatic heterocycles. The minimum absolute atomic E-state index is 0.0629. The molecule has 0 saturated carbocycles. The summed E-state index contributed by atoms with van der Waals surface area (Å²) in [6.45, 7) is 6.09. The molecule has 1 rings (SSSR count). The molecule has 0 heterocycles. The molecule has 0 aliphatic rings. The molecule has 0 aromatic heterocycles. The molecular weight excluding hydrogens is 432 g/mol. The van der Waals surface area contributed by atoms with Crippen molar-refractivity contribution in [1.82, 2.24) is 9.80 Å². The number of nitrogens with one attached hydrogen (secondary N) is 2. The lowest BCUT2D eigenvalue weighted by Gasteiger charge is -2.12. The average Bonchev–Trinajstić information content (AvgIpc) is 2.71. The topological polar surface area (TPSA) is 98.8 Å². The van der Waals surface area contributed by atoms with Crippen LogP contribution < -0.4 is 10.6 Å². The van der Waals surface area contributed by atoms with E-state index in [1.165, 1.54) is 13.8 Å². The first-order valence-corrected chi connectivity index (χ1v) is 10.7. The second-order valence-corrected chi connectivity index (χ2v) is 8.27. The van der Waals surface area contributed by atoms with Crippen molar-refractivity contribution in [2.45, 2.75) is 27.7 Å². The quantitative estimate of drug-likeness (QED) is 0.237. The summed E-state index contributed by atoms with van der Waals surface area (Å²) in [6.07, 6.45) is 6.91. The Hall–Kier alpha value is -3.94. The number of benzene rings is 1. The van der Waals surface area contributed by atoms with Crippen molar-refractivity contribution in [3.05, 3.63) is 71.1 Å². The highest BCUT2D eigenvalue weighted by Gasteiger charge is 2.18. The molecule has 182 valence electrons. The van der Waals surface area contributed by atoms with Gasteiger partial charge in [0.25, 0.3) is 11.8 Å². The maximum absolute atomic E-state index is 12.7. The first kappa shape index (κ1) is 28.1. The molecule has 8 nitrogen and oxygen atoms in total. The molecule has 34 heavy (non-hydrogen) atoms. The molecule has 1 aromatic rings. The van der Waals surface area contributed by atoms with Gasteiger partial charge < -0.3 is 20.4 Å². The van der Waals surface area contributed by atoms with E-state index < -0.39 is 11.8 Å². The van der Waals surface area contributed by atoms with Crippen molar-refractivity contribution in [2.24, 2.45) is 0 Å². The second-order valence-electron chi connectivity index (χ2n) is 8.27. The fraction of sp³-hybridized carbons (Fsp3) is 0.308. The predicted octanol–water partition coefficient (Wildman–Crippen LogP) is 3.53. The van der Waals surface area contributed by atoms with E-state index in [-0.39, 0.29) is 22.7 Å². The van der Waals surface area contributed by atoms with Gasteiger partial charge in [0.2, 0.25) is 0 Å². The Bertz CT molecular complexity index is 974. The Morgan fingerprint density at radius 2 is 0.912 bits per heavy atom. The Kier molecular flexibility index (Phi) is 10.7. The van der Waals surface area contributed by atoms with E-state index in [2.05, 4.69) is 10.6 Å². The van der Waals surface area contributed by atoms with E-state index in [0.717, 1.165) is 0 Å². The average molecular weight is 467 g/mol. The molecule has 0 fully saturated rings. The fourth-order valence-electron chi connectivity index (χ4n) is 2.95. The summed E-state index contributed by atoms with van der Waals surface area (Å²) >= 11 is 0. The number of allylic oxidation sites excluding steroid dienone is 4. The Balaban J connectivity index is 3.04. The third-order valence-corrected chi connectivity index (χ3v) is 4.59. The highest BCUT2D eigenvalue weighted by atomic mass is 16.2.